The molecule has 6 heteroatoms. The second kappa shape index (κ2) is 7.55. The molecule has 0 fully saturated rings. The summed E-state index contributed by atoms with van der Waals surface area (Å²) in [5.74, 6) is -0.855. The molecule has 0 aliphatic carbocycles. The first-order valence-corrected chi connectivity index (χ1v) is 7.81. The third-order valence-electron chi connectivity index (χ3n) is 3.67. The van der Waals surface area contributed by atoms with E-state index in [1.165, 1.54) is 6.08 Å². The number of benzene rings is 1. The van der Waals surface area contributed by atoms with E-state index in [1.54, 1.807) is 12.4 Å². The van der Waals surface area contributed by atoms with Gasteiger partial charge in [0.05, 0.1) is 13.2 Å². The molecule has 25 heavy (non-hydrogen) atoms. The second-order valence-electron chi connectivity index (χ2n) is 5.44. The molecule has 2 amide bonds. The lowest BCUT2D eigenvalue weighted by Crippen LogP contribution is -2.34. The number of nitrogens with one attached hydrogen (secondary N) is 1. The van der Waals surface area contributed by atoms with Gasteiger partial charge in [0.1, 0.15) is 5.70 Å². The van der Waals surface area contributed by atoms with Gasteiger partial charge < -0.3 is 10.4 Å². The number of amides is 2. The van der Waals surface area contributed by atoms with Crippen molar-refractivity contribution in [3.05, 3.63) is 71.7 Å². The predicted octanol–water partition coefficient (Wildman–Crippen LogP) is 1.91. The summed E-state index contributed by atoms with van der Waals surface area (Å²) in [6.07, 6.45) is 8.62. The third kappa shape index (κ3) is 3.99. The van der Waals surface area contributed by atoms with E-state index in [-0.39, 0.29) is 18.8 Å². The van der Waals surface area contributed by atoms with Gasteiger partial charge in [-0.1, -0.05) is 24.3 Å². The first-order chi connectivity index (χ1) is 12.2. The molecule has 0 radical (unpaired) electrons. The number of aliphatic hydroxyl groups is 1. The molecule has 2 aromatic rings. The van der Waals surface area contributed by atoms with Crippen molar-refractivity contribution in [2.24, 2.45) is 0 Å². The van der Waals surface area contributed by atoms with Crippen molar-refractivity contribution in [3.63, 3.8) is 0 Å². The van der Waals surface area contributed by atoms with E-state index in [9.17, 15) is 9.59 Å². The normalized spacial score (nSPS) is 14.3. The molecule has 0 spiro atoms. The molecule has 1 aromatic carbocycles. The van der Waals surface area contributed by atoms with Gasteiger partial charge in [-0.3, -0.25) is 19.5 Å². The Bertz CT molecular complexity index is 844. The van der Waals surface area contributed by atoms with Crippen LogP contribution in [0.5, 0.6) is 0 Å². The second-order valence-corrected chi connectivity index (χ2v) is 5.44. The predicted molar refractivity (Wildman–Crippen MR) is 95.1 cm³/mol. The van der Waals surface area contributed by atoms with Crippen LogP contribution in [0, 0.1) is 0 Å². The fourth-order valence-corrected chi connectivity index (χ4v) is 2.45. The zero-order valence-corrected chi connectivity index (χ0v) is 13.4. The van der Waals surface area contributed by atoms with Crippen LogP contribution < -0.4 is 5.32 Å². The van der Waals surface area contributed by atoms with Crippen LogP contribution in [0.1, 0.15) is 11.1 Å². The molecule has 1 aromatic heterocycles. The summed E-state index contributed by atoms with van der Waals surface area (Å²) in [5, 5.41) is 11.9. The van der Waals surface area contributed by atoms with E-state index >= 15 is 0 Å². The Hall–Kier alpha value is -3.25. The summed E-state index contributed by atoms with van der Waals surface area (Å²) in [5.41, 5.74) is 2.89. The Kier molecular flexibility index (Phi) is 5.01. The number of aliphatic hydroxyl groups excluding tert-OH is 1. The molecule has 1 aliphatic heterocycles. The Morgan fingerprint density at radius 3 is 2.60 bits per heavy atom. The van der Waals surface area contributed by atoms with Crippen LogP contribution in [0.4, 0.5) is 5.69 Å². The van der Waals surface area contributed by atoms with Crippen LogP contribution in [0.15, 0.2) is 60.6 Å². The number of hydrogen-bond acceptors (Lipinski definition) is 5. The highest BCUT2D eigenvalue weighted by molar-refractivity contribution is 6.17. The lowest BCUT2D eigenvalue weighted by atomic mass is 10.1. The lowest BCUT2D eigenvalue weighted by molar-refractivity contribution is -0.137. The summed E-state index contributed by atoms with van der Waals surface area (Å²) in [6.45, 7) is -0.262. The average Bonchev–Trinajstić information content (AvgIpc) is 2.89. The third-order valence-corrected chi connectivity index (χ3v) is 3.67. The average molecular weight is 335 g/mol. The smallest absolute Gasteiger partial charge is 0.277 e. The molecule has 126 valence electrons. The van der Waals surface area contributed by atoms with Crippen molar-refractivity contribution in [1.82, 2.24) is 9.88 Å². The number of aromatic nitrogens is 1. The van der Waals surface area contributed by atoms with E-state index in [2.05, 4.69) is 10.3 Å². The van der Waals surface area contributed by atoms with E-state index in [0.29, 0.717) is 5.69 Å². The molecule has 3 rings (SSSR count). The summed E-state index contributed by atoms with van der Waals surface area (Å²) in [4.78, 5) is 28.9. The Morgan fingerprint density at radius 1 is 1.08 bits per heavy atom. The fourth-order valence-electron chi connectivity index (χ4n) is 2.45. The molecular weight excluding hydrogens is 318 g/mol. The first kappa shape index (κ1) is 16.6. The van der Waals surface area contributed by atoms with Crippen molar-refractivity contribution in [3.8, 4) is 0 Å². The number of carbonyl (C=O) groups is 2. The standard InChI is InChI=1S/C19H17N3O3/c23-11-10-22-18(24)13-17(19(22)25)21-16-3-1-2-15(12-16)5-4-14-6-8-20-9-7-14/h1-9,12-13,21,23H,10-11H2. The van der Waals surface area contributed by atoms with E-state index in [0.717, 1.165) is 16.0 Å². The first-order valence-electron chi connectivity index (χ1n) is 7.81. The molecule has 0 bridgehead atoms. The number of β-amino-alcohol motifs (C(OH)–C–C–N with tert-alkyl or cyclic N) is 1. The number of carbonyl (C=O) groups excluding carboxylic acids is 2. The van der Waals surface area contributed by atoms with Crippen molar-refractivity contribution < 1.29 is 14.7 Å². The zero-order chi connectivity index (χ0) is 17.6. The topological polar surface area (TPSA) is 82.5 Å². The maximum absolute atomic E-state index is 12.1. The summed E-state index contributed by atoms with van der Waals surface area (Å²) < 4.78 is 0. The maximum atomic E-state index is 12.1. The van der Waals surface area contributed by atoms with Gasteiger partial charge in [-0.25, -0.2) is 0 Å². The Balaban J connectivity index is 1.72. The highest BCUT2D eigenvalue weighted by Crippen LogP contribution is 2.19. The molecule has 0 atom stereocenters. The minimum Gasteiger partial charge on any atom is -0.395 e. The van der Waals surface area contributed by atoms with Gasteiger partial charge in [0, 0.05) is 24.2 Å². The fraction of sp³-hybridized carbons (Fsp3) is 0.105. The molecule has 6 nitrogen and oxygen atoms in total. The highest BCUT2D eigenvalue weighted by Gasteiger charge is 2.30. The van der Waals surface area contributed by atoms with Gasteiger partial charge in [-0.2, -0.15) is 0 Å². The highest BCUT2D eigenvalue weighted by atomic mass is 16.3. The minimum absolute atomic E-state index is 0.00590. The Labute approximate surface area is 145 Å². The maximum Gasteiger partial charge on any atom is 0.277 e. The van der Waals surface area contributed by atoms with Crippen molar-refractivity contribution in [2.45, 2.75) is 0 Å². The van der Waals surface area contributed by atoms with Crippen LogP contribution >= 0.6 is 0 Å². The summed E-state index contributed by atoms with van der Waals surface area (Å²) in [6, 6.07) is 11.3. The Morgan fingerprint density at radius 2 is 1.84 bits per heavy atom. The summed E-state index contributed by atoms with van der Waals surface area (Å²) in [7, 11) is 0. The molecular formula is C19H17N3O3. The van der Waals surface area contributed by atoms with Gasteiger partial charge in [0.2, 0.25) is 0 Å². The number of imide groups is 1. The molecule has 0 saturated heterocycles. The quantitative estimate of drug-likeness (QED) is 0.788. The lowest BCUT2D eigenvalue weighted by Gasteiger charge is -2.13. The van der Waals surface area contributed by atoms with Gasteiger partial charge in [0.25, 0.3) is 11.8 Å². The molecule has 2 N–H and O–H groups in total. The number of rotatable bonds is 6. The monoisotopic (exact) mass is 335 g/mol. The number of pyridine rings is 1. The molecule has 0 saturated carbocycles. The number of hydrogen-bond donors (Lipinski definition) is 2. The van der Waals surface area contributed by atoms with Crippen LogP contribution in [-0.4, -0.2) is 40.0 Å². The molecule has 1 aliphatic rings. The van der Waals surface area contributed by atoms with E-state index in [1.807, 2.05) is 48.6 Å². The molecule has 2 heterocycles. The van der Waals surface area contributed by atoms with Crippen molar-refractivity contribution in [1.29, 1.82) is 0 Å². The van der Waals surface area contributed by atoms with Crippen LogP contribution in [0.2, 0.25) is 0 Å². The van der Waals surface area contributed by atoms with Crippen LogP contribution in [0.3, 0.4) is 0 Å². The van der Waals surface area contributed by atoms with E-state index < -0.39 is 11.8 Å². The van der Waals surface area contributed by atoms with Gasteiger partial charge >= 0.3 is 0 Å². The van der Waals surface area contributed by atoms with Gasteiger partial charge in [-0.15, -0.1) is 0 Å². The zero-order valence-electron chi connectivity index (χ0n) is 13.4. The van der Waals surface area contributed by atoms with Gasteiger partial charge in [0.15, 0.2) is 0 Å². The van der Waals surface area contributed by atoms with Crippen molar-refractivity contribution in [2.75, 3.05) is 18.5 Å². The summed E-state index contributed by atoms with van der Waals surface area (Å²) >= 11 is 0. The van der Waals surface area contributed by atoms with Gasteiger partial charge in [-0.05, 0) is 35.4 Å². The largest absolute Gasteiger partial charge is 0.395 e. The molecule has 0 unspecified atom stereocenters. The SMILES string of the molecule is O=C1C=C(Nc2cccc(C=Cc3ccncc3)c2)C(=O)N1CCO. The van der Waals surface area contributed by atoms with Crippen molar-refractivity contribution >= 4 is 29.7 Å². The van der Waals surface area contributed by atoms with E-state index in [4.69, 9.17) is 5.11 Å². The van der Waals surface area contributed by atoms with Crippen LogP contribution in [-0.2, 0) is 9.59 Å². The minimum atomic E-state index is -0.434. The number of nitrogens with zero attached hydrogens (tertiary/aromatic N) is 2. The van der Waals surface area contributed by atoms with Crippen LogP contribution in [0.25, 0.3) is 12.2 Å². The number of anilines is 1.